The molecule has 0 aliphatic heterocycles. The summed E-state index contributed by atoms with van der Waals surface area (Å²) < 4.78 is 1.57. The molecule has 104 valence electrons. The summed E-state index contributed by atoms with van der Waals surface area (Å²) in [6.45, 7) is 0.225. The molecule has 1 fully saturated rings. The van der Waals surface area contributed by atoms with E-state index in [-0.39, 0.29) is 24.9 Å². The number of aryl methyl sites for hydroxylation is 1. The van der Waals surface area contributed by atoms with E-state index in [1.54, 1.807) is 17.1 Å². The fraction of sp³-hybridized carbons (Fsp3) is 0.667. The smallest absolute Gasteiger partial charge is 0.323 e. The number of hydrogen-bond acceptors (Lipinski definition) is 4. The second kappa shape index (κ2) is 6.31. The highest BCUT2D eigenvalue weighted by molar-refractivity contribution is 5.81. The third-order valence-corrected chi connectivity index (χ3v) is 3.42. The van der Waals surface area contributed by atoms with Crippen molar-refractivity contribution >= 4 is 11.9 Å². The van der Waals surface area contributed by atoms with Crippen LogP contribution in [-0.4, -0.2) is 49.5 Å². The molecule has 1 heterocycles. The highest BCUT2D eigenvalue weighted by Crippen LogP contribution is 2.23. The first-order valence-corrected chi connectivity index (χ1v) is 6.52. The van der Waals surface area contributed by atoms with Gasteiger partial charge in [-0.15, -0.1) is 5.10 Å². The van der Waals surface area contributed by atoms with Crippen molar-refractivity contribution in [3.05, 3.63) is 12.4 Å². The molecule has 7 heteroatoms. The summed E-state index contributed by atoms with van der Waals surface area (Å²) in [5.74, 6) is -1.08. The van der Waals surface area contributed by atoms with Crippen LogP contribution < -0.4 is 0 Å². The Labute approximate surface area is 111 Å². The third-order valence-electron chi connectivity index (χ3n) is 3.42. The second-order valence-electron chi connectivity index (χ2n) is 4.77. The van der Waals surface area contributed by atoms with Crippen molar-refractivity contribution in [1.82, 2.24) is 19.9 Å². The van der Waals surface area contributed by atoms with E-state index in [0.717, 1.165) is 25.7 Å². The van der Waals surface area contributed by atoms with Gasteiger partial charge in [0.2, 0.25) is 5.91 Å². The molecule has 0 radical (unpaired) electrons. The first kappa shape index (κ1) is 13.5. The summed E-state index contributed by atoms with van der Waals surface area (Å²) in [5, 5.41) is 16.4. The lowest BCUT2D eigenvalue weighted by Gasteiger charge is -2.27. The Morgan fingerprint density at radius 3 is 2.68 bits per heavy atom. The quantitative estimate of drug-likeness (QED) is 0.811. The SMILES string of the molecule is O=C(O)CN(C(=O)CCn1ccnn1)C1CCCC1. The van der Waals surface area contributed by atoms with Gasteiger partial charge in [0.25, 0.3) is 0 Å². The lowest BCUT2D eigenvalue weighted by Crippen LogP contribution is -2.42. The molecule has 7 nitrogen and oxygen atoms in total. The molecule has 1 aromatic rings. The molecule has 0 spiro atoms. The average molecular weight is 266 g/mol. The summed E-state index contributed by atoms with van der Waals surface area (Å²) in [4.78, 5) is 24.6. The van der Waals surface area contributed by atoms with Crippen LogP contribution in [0.3, 0.4) is 0 Å². The zero-order chi connectivity index (χ0) is 13.7. The minimum atomic E-state index is -0.957. The van der Waals surface area contributed by atoms with Gasteiger partial charge >= 0.3 is 5.97 Å². The molecular weight excluding hydrogens is 248 g/mol. The maximum absolute atomic E-state index is 12.2. The van der Waals surface area contributed by atoms with E-state index in [1.807, 2.05) is 0 Å². The van der Waals surface area contributed by atoms with Gasteiger partial charge < -0.3 is 10.0 Å². The number of aromatic nitrogens is 3. The van der Waals surface area contributed by atoms with Crippen molar-refractivity contribution in [2.24, 2.45) is 0 Å². The number of rotatable bonds is 6. The number of nitrogens with zero attached hydrogens (tertiary/aromatic N) is 4. The molecule has 1 aliphatic carbocycles. The molecule has 0 bridgehead atoms. The Bertz CT molecular complexity index is 426. The van der Waals surface area contributed by atoms with Gasteiger partial charge in [-0.05, 0) is 12.8 Å². The fourth-order valence-corrected chi connectivity index (χ4v) is 2.49. The van der Waals surface area contributed by atoms with E-state index >= 15 is 0 Å². The summed E-state index contributed by atoms with van der Waals surface area (Å²) >= 11 is 0. The molecule has 1 aliphatic rings. The van der Waals surface area contributed by atoms with Crippen LogP contribution in [0, 0.1) is 0 Å². The van der Waals surface area contributed by atoms with Crippen LogP contribution in [0.4, 0.5) is 0 Å². The molecule has 1 aromatic heterocycles. The molecule has 19 heavy (non-hydrogen) atoms. The van der Waals surface area contributed by atoms with E-state index in [0.29, 0.717) is 6.54 Å². The minimum Gasteiger partial charge on any atom is -0.480 e. The van der Waals surface area contributed by atoms with Crippen LogP contribution in [0.5, 0.6) is 0 Å². The van der Waals surface area contributed by atoms with Gasteiger partial charge in [-0.2, -0.15) is 0 Å². The van der Waals surface area contributed by atoms with Crippen molar-refractivity contribution in [2.75, 3.05) is 6.54 Å². The van der Waals surface area contributed by atoms with Crippen molar-refractivity contribution in [3.63, 3.8) is 0 Å². The van der Waals surface area contributed by atoms with Crippen LogP contribution in [0.2, 0.25) is 0 Å². The lowest BCUT2D eigenvalue weighted by molar-refractivity contribution is -0.146. The molecule has 0 saturated heterocycles. The van der Waals surface area contributed by atoms with E-state index in [4.69, 9.17) is 5.11 Å². The van der Waals surface area contributed by atoms with E-state index < -0.39 is 5.97 Å². The molecule has 1 amide bonds. The first-order valence-electron chi connectivity index (χ1n) is 6.52. The maximum Gasteiger partial charge on any atom is 0.323 e. The molecule has 0 aromatic carbocycles. The molecule has 0 unspecified atom stereocenters. The van der Waals surface area contributed by atoms with Crippen LogP contribution in [0.1, 0.15) is 32.1 Å². The topological polar surface area (TPSA) is 88.3 Å². The molecule has 1 saturated carbocycles. The normalized spacial score (nSPS) is 15.6. The monoisotopic (exact) mass is 266 g/mol. The first-order chi connectivity index (χ1) is 9.16. The number of aliphatic carboxylic acids is 1. The number of carbonyl (C=O) groups is 2. The van der Waals surface area contributed by atoms with Crippen molar-refractivity contribution in [2.45, 2.75) is 44.7 Å². The van der Waals surface area contributed by atoms with E-state index in [9.17, 15) is 9.59 Å². The number of carboxylic acid groups (broad SMARTS) is 1. The standard InChI is InChI=1S/C12H18N4O3/c17-11(5-7-15-8-6-13-14-15)16(9-12(18)19)10-3-1-2-4-10/h6,8,10H,1-5,7,9H2,(H,18,19). The Morgan fingerprint density at radius 1 is 1.37 bits per heavy atom. The molecule has 0 atom stereocenters. The van der Waals surface area contributed by atoms with E-state index in [2.05, 4.69) is 10.3 Å². The predicted molar refractivity (Wildman–Crippen MR) is 66.2 cm³/mol. The van der Waals surface area contributed by atoms with Gasteiger partial charge in [0.1, 0.15) is 6.54 Å². The Kier molecular flexibility index (Phi) is 4.48. The zero-order valence-corrected chi connectivity index (χ0v) is 10.7. The summed E-state index contributed by atoms with van der Waals surface area (Å²) in [6.07, 6.45) is 7.44. The Hall–Kier alpha value is -1.92. The molecule has 1 N–H and O–H groups in total. The number of hydrogen-bond donors (Lipinski definition) is 1. The van der Waals surface area contributed by atoms with Crippen molar-refractivity contribution < 1.29 is 14.7 Å². The van der Waals surface area contributed by atoms with Crippen LogP contribution >= 0.6 is 0 Å². The third kappa shape index (κ3) is 3.77. The minimum absolute atomic E-state index is 0.0827. The van der Waals surface area contributed by atoms with Crippen molar-refractivity contribution in [3.8, 4) is 0 Å². The van der Waals surface area contributed by atoms with Gasteiger partial charge in [-0.25, -0.2) is 0 Å². The number of carboxylic acids is 1. The Morgan fingerprint density at radius 2 is 2.11 bits per heavy atom. The fourth-order valence-electron chi connectivity index (χ4n) is 2.49. The van der Waals surface area contributed by atoms with Crippen LogP contribution in [0.25, 0.3) is 0 Å². The van der Waals surface area contributed by atoms with Gasteiger partial charge in [0, 0.05) is 18.7 Å². The second-order valence-corrected chi connectivity index (χ2v) is 4.77. The van der Waals surface area contributed by atoms with Gasteiger partial charge in [-0.3, -0.25) is 14.3 Å². The number of amides is 1. The lowest BCUT2D eigenvalue weighted by atomic mass is 10.2. The number of carbonyl (C=O) groups excluding carboxylic acids is 1. The Balaban J connectivity index is 1.92. The summed E-state index contributed by atoms with van der Waals surface area (Å²) in [6, 6.07) is 0.0827. The van der Waals surface area contributed by atoms with E-state index in [1.165, 1.54) is 4.90 Å². The van der Waals surface area contributed by atoms with Crippen molar-refractivity contribution in [1.29, 1.82) is 0 Å². The van der Waals surface area contributed by atoms with Gasteiger partial charge in [-0.1, -0.05) is 18.1 Å². The van der Waals surface area contributed by atoms with Gasteiger partial charge in [0.05, 0.1) is 12.7 Å². The maximum atomic E-state index is 12.2. The molecule has 2 rings (SSSR count). The predicted octanol–water partition coefficient (Wildman–Crippen LogP) is 0.524. The zero-order valence-electron chi connectivity index (χ0n) is 10.7. The summed E-state index contributed by atoms with van der Waals surface area (Å²) in [5.41, 5.74) is 0. The largest absolute Gasteiger partial charge is 0.480 e. The summed E-state index contributed by atoms with van der Waals surface area (Å²) in [7, 11) is 0. The van der Waals surface area contributed by atoms with Crippen LogP contribution in [-0.2, 0) is 16.1 Å². The van der Waals surface area contributed by atoms with Gasteiger partial charge in [0.15, 0.2) is 0 Å². The average Bonchev–Trinajstić information content (AvgIpc) is 3.05. The van der Waals surface area contributed by atoms with Crippen LogP contribution in [0.15, 0.2) is 12.4 Å². The highest BCUT2D eigenvalue weighted by atomic mass is 16.4. The molecular formula is C12H18N4O3. The highest BCUT2D eigenvalue weighted by Gasteiger charge is 2.27.